The van der Waals surface area contributed by atoms with Crippen LogP contribution in [-0.4, -0.2) is 22.1 Å². The maximum absolute atomic E-state index is 11.7. The minimum Gasteiger partial charge on any atom is -0.463 e. The molecule has 1 aliphatic heterocycles. The van der Waals surface area contributed by atoms with Gasteiger partial charge in [0.05, 0.1) is 22.5 Å². The van der Waals surface area contributed by atoms with Gasteiger partial charge in [-0.15, -0.1) is 0 Å². The van der Waals surface area contributed by atoms with Gasteiger partial charge < -0.3 is 9.84 Å². The van der Waals surface area contributed by atoms with Gasteiger partial charge in [0.2, 0.25) is 6.29 Å². The summed E-state index contributed by atoms with van der Waals surface area (Å²) in [4.78, 5) is 21.6. The normalized spacial score (nSPS) is 23.5. The van der Waals surface area contributed by atoms with E-state index in [0.717, 1.165) is 6.07 Å². The molecule has 16 heavy (non-hydrogen) atoms. The van der Waals surface area contributed by atoms with E-state index < -0.39 is 17.1 Å². The summed E-state index contributed by atoms with van der Waals surface area (Å²) in [5, 5.41) is 19.9. The number of carbonyl (C=O) groups excluding carboxylic acids is 1. The van der Waals surface area contributed by atoms with E-state index in [0.29, 0.717) is 0 Å². The smallest absolute Gasteiger partial charge is 0.273 e. The Kier molecular flexibility index (Phi) is 2.35. The predicted molar refractivity (Wildman–Crippen MR) is 53.2 cm³/mol. The van der Waals surface area contributed by atoms with Crippen molar-refractivity contribution in [3.05, 3.63) is 33.9 Å². The van der Waals surface area contributed by atoms with Crippen LogP contribution in [0.2, 0.25) is 0 Å². The third-order valence-electron chi connectivity index (χ3n) is 2.53. The monoisotopic (exact) mass is 223 g/mol. The van der Waals surface area contributed by atoms with Crippen molar-refractivity contribution in [3.63, 3.8) is 0 Å². The van der Waals surface area contributed by atoms with E-state index >= 15 is 0 Å². The summed E-state index contributed by atoms with van der Waals surface area (Å²) in [6.45, 7) is 1.54. The topological polar surface area (TPSA) is 89.7 Å². The lowest BCUT2D eigenvalue weighted by atomic mass is 9.95. The number of hydrogen-bond donors (Lipinski definition) is 1. The number of aliphatic hydroxyl groups is 1. The fourth-order valence-corrected chi connectivity index (χ4v) is 1.53. The molecule has 2 rings (SSSR count). The number of non-ortho nitro benzene ring substituents is 1. The van der Waals surface area contributed by atoms with E-state index in [1.165, 1.54) is 19.1 Å². The quantitative estimate of drug-likeness (QED) is 0.569. The molecule has 0 fully saturated rings. The molecule has 1 aliphatic rings. The predicted octanol–water partition coefficient (Wildman–Crippen LogP) is 1.12. The molecule has 2 atom stereocenters. The third-order valence-corrected chi connectivity index (χ3v) is 2.53. The average Bonchev–Trinajstić information content (AvgIpc) is 2.25. The Morgan fingerprint density at radius 2 is 2.19 bits per heavy atom. The highest BCUT2D eigenvalue weighted by Gasteiger charge is 2.33. The van der Waals surface area contributed by atoms with E-state index in [9.17, 15) is 20.0 Å². The second kappa shape index (κ2) is 3.57. The molecule has 0 saturated carbocycles. The summed E-state index contributed by atoms with van der Waals surface area (Å²) in [6.07, 6.45) is -1.25. The first-order valence-corrected chi connectivity index (χ1v) is 4.68. The molecule has 1 aromatic rings. The summed E-state index contributed by atoms with van der Waals surface area (Å²) in [7, 11) is 0. The molecule has 6 nitrogen and oxygen atoms in total. The molecule has 0 saturated heterocycles. The Balaban J connectivity index is 2.49. The maximum atomic E-state index is 11.7. The van der Waals surface area contributed by atoms with Crippen LogP contribution in [0, 0.1) is 16.0 Å². The Hall–Kier alpha value is -1.95. The second-order valence-corrected chi connectivity index (χ2v) is 3.60. The van der Waals surface area contributed by atoms with Crippen molar-refractivity contribution < 1.29 is 19.6 Å². The van der Waals surface area contributed by atoms with Crippen LogP contribution >= 0.6 is 0 Å². The lowest BCUT2D eigenvalue weighted by molar-refractivity contribution is -0.385. The second-order valence-electron chi connectivity index (χ2n) is 3.60. The number of nitrogens with zero attached hydrogens (tertiary/aromatic N) is 1. The first-order valence-electron chi connectivity index (χ1n) is 4.68. The van der Waals surface area contributed by atoms with Crippen molar-refractivity contribution in [2.45, 2.75) is 13.2 Å². The van der Waals surface area contributed by atoms with Crippen LogP contribution in [0.15, 0.2) is 18.2 Å². The number of rotatable bonds is 1. The molecule has 0 radical (unpaired) electrons. The van der Waals surface area contributed by atoms with Crippen molar-refractivity contribution >= 4 is 11.5 Å². The fourth-order valence-electron chi connectivity index (χ4n) is 1.53. The molecule has 0 aliphatic carbocycles. The number of ketones is 1. The van der Waals surface area contributed by atoms with Gasteiger partial charge in [0.25, 0.3) is 5.69 Å². The molecule has 0 unspecified atom stereocenters. The van der Waals surface area contributed by atoms with Crippen molar-refractivity contribution in [2.75, 3.05) is 0 Å². The summed E-state index contributed by atoms with van der Waals surface area (Å²) in [5.74, 6) is -0.873. The molecule has 1 heterocycles. The van der Waals surface area contributed by atoms with Crippen LogP contribution < -0.4 is 4.74 Å². The van der Waals surface area contributed by atoms with Gasteiger partial charge in [0, 0.05) is 6.07 Å². The zero-order chi connectivity index (χ0) is 11.9. The number of Topliss-reactive ketones (excluding diaryl/α,β-unsaturated/α-hetero) is 1. The maximum Gasteiger partial charge on any atom is 0.273 e. The van der Waals surface area contributed by atoms with Crippen LogP contribution in [-0.2, 0) is 0 Å². The molecule has 0 bridgehead atoms. The van der Waals surface area contributed by atoms with Crippen LogP contribution in [0.3, 0.4) is 0 Å². The van der Waals surface area contributed by atoms with Crippen molar-refractivity contribution in [1.29, 1.82) is 0 Å². The lowest BCUT2D eigenvalue weighted by Crippen LogP contribution is -2.35. The summed E-state index contributed by atoms with van der Waals surface area (Å²) in [6, 6.07) is 3.73. The Labute approximate surface area is 90.6 Å². The van der Waals surface area contributed by atoms with Gasteiger partial charge in [-0.05, 0) is 13.0 Å². The zero-order valence-electron chi connectivity index (χ0n) is 8.41. The van der Waals surface area contributed by atoms with Crippen molar-refractivity contribution in [2.24, 2.45) is 5.92 Å². The zero-order valence-corrected chi connectivity index (χ0v) is 8.41. The van der Waals surface area contributed by atoms with Gasteiger partial charge in [-0.1, -0.05) is 0 Å². The Bertz CT molecular complexity index is 470. The van der Waals surface area contributed by atoms with Gasteiger partial charge in [-0.2, -0.15) is 0 Å². The molecule has 1 N–H and O–H groups in total. The van der Waals surface area contributed by atoms with Crippen molar-refractivity contribution in [1.82, 2.24) is 0 Å². The summed E-state index contributed by atoms with van der Waals surface area (Å²) >= 11 is 0. The molecule has 0 amide bonds. The number of nitro benzene ring substituents is 1. The van der Waals surface area contributed by atoms with Gasteiger partial charge in [0.15, 0.2) is 5.78 Å². The number of carbonyl (C=O) groups is 1. The molecule has 6 heteroatoms. The Morgan fingerprint density at radius 3 is 2.81 bits per heavy atom. The number of ether oxygens (including phenoxy) is 1. The molecule has 0 aromatic heterocycles. The van der Waals surface area contributed by atoms with E-state index in [2.05, 4.69) is 0 Å². The lowest BCUT2D eigenvalue weighted by Gasteiger charge is -2.26. The number of fused-ring (bicyclic) bond motifs is 1. The van der Waals surface area contributed by atoms with Crippen LogP contribution in [0.1, 0.15) is 17.3 Å². The van der Waals surface area contributed by atoms with Crippen LogP contribution in [0.4, 0.5) is 5.69 Å². The minimum absolute atomic E-state index is 0.0600. The number of aliphatic hydroxyl groups excluding tert-OH is 1. The van der Waals surface area contributed by atoms with Gasteiger partial charge in [-0.25, -0.2) is 0 Å². The fraction of sp³-hybridized carbons (Fsp3) is 0.300. The minimum atomic E-state index is -1.25. The summed E-state index contributed by atoms with van der Waals surface area (Å²) < 4.78 is 5.04. The van der Waals surface area contributed by atoms with Crippen LogP contribution in [0.5, 0.6) is 5.75 Å². The molecular weight excluding hydrogens is 214 g/mol. The SMILES string of the molecule is C[C@@H]1C(=O)c2ccc([N+](=O)[O-])cc2O[C@@H]1O. The molecular formula is C10H9NO5. The van der Waals surface area contributed by atoms with Gasteiger partial charge in [-0.3, -0.25) is 14.9 Å². The molecule has 84 valence electrons. The Morgan fingerprint density at radius 1 is 1.50 bits per heavy atom. The highest BCUT2D eigenvalue weighted by atomic mass is 16.6. The molecule has 1 aromatic carbocycles. The number of benzene rings is 1. The standard InChI is InChI=1S/C10H9NO5/c1-5-9(12)7-3-2-6(11(14)15)4-8(7)16-10(5)13/h2-5,10,13H,1H3/t5-,10+/m1/s1. The highest BCUT2D eigenvalue weighted by molar-refractivity contribution is 6.01. The highest BCUT2D eigenvalue weighted by Crippen LogP contribution is 2.32. The third kappa shape index (κ3) is 1.53. The van der Waals surface area contributed by atoms with Gasteiger partial charge >= 0.3 is 0 Å². The largest absolute Gasteiger partial charge is 0.463 e. The number of hydrogen-bond acceptors (Lipinski definition) is 5. The van der Waals surface area contributed by atoms with E-state index in [4.69, 9.17) is 4.74 Å². The molecule has 0 spiro atoms. The van der Waals surface area contributed by atoms with E-state index in [-0.39, 0.29) is 22.8 Å². The van der Waals surface area contributed by atoms with E-state index in [1.807, 2.05) is 0 Å². The average molecular weight is 223 g/mol. The number of nitro groups is 1. The van der Waals surface area contributed by atoms with Gasteiger partial charge in [0.1, 0.15) is 5.75 Å². The first kappa shape index (κ1) is 10.6. The van der Waals surface area contributed by atoms with Crippen LogP contribution in [0.25, 0.3) is 0 Å². The first-order chi connectivity index (χ1) is 7.50. The van der Waals surface area contributed by atoms with E-state index in [1.54, 1.807) is 0 Å². The summed E-state index contributed by atoms with van der Waals surface area (Å²) in [5.41, 5.74) is 0.0942. The van der Waals surface area contributed by atoms with Crippen molar-refractivity contribution in [3.8, 4) is 5.75 Å².